The maximum Gasteiger partial charge on any atom is 0.264 e. The third kappa shape index (κ3) is 5.38. The number of aromatic nitrogens is 4. The summed E-state index contributed by atoms with van der Waals surface area (Å²) >= 11 is 6.48. The van der Waals surface area contributed by atoms with Gasteiger partial charge in [-0.1, -0.05) is 17.7 Å². The Kier molecular flexibility index (Phi) is 7.12. The summed E-state index contributed by atoms with van der Waals surface area (Å²) < 4.78 is 34.7. The minimum absolute atomic E-state index is 0.0398. The lowest BCUT2D eigenvalue weighted by molar-refractivity contribution is 0.0688. The second-order valence-corrected chi connectivity index (χ2v) is 9.61. The molecule has 192 valence electrons. The Morgan fingerprint density at radius 3 is 2.49 bits per heavy atom. The van der Waals surface area contributed by atoms with Crippen molar-refractivity contribution in [3.05, 3.63) is 97.9 Å². The van der Waals surface area contributed by atoms with Crippen molar-refractivity contribution in [1.29, 1.82) is 0 Å². The van der Waals surface area contributed by atoms with Gasteiger partial charge in [0.15, 0.2) is 5.82 Å². The Hall–Kier alpha value is -3.69. The first-order chi connectivity index (χ1) is 17.4. The van der Waals surface area contributed by atoms with Gasteiger partial charge in [-0.15, -0.1) is 0 Å². The second-order valence-electron chi connectivity index (χ2n) is 9.20. The minimum atomic E-state index is -1.23. The van der Waals surface area contributed by atoms with Crippen molar-refractivity contribution in [3.8, 4) is 22.8 Å². The maximum absolute atomic E-state index is 14.1. The van der Waals surface area contributed by atoms with Gasteiger partial charge in [0.25, 0.3) is 5.56 Å². The van der Waals surface area contributed by atoms with Crippen LogP contribution in [0.4, 0.5) is 8.78 Å². The molecule has 0 unspecified atom stereocenters. The predicted molar refractivity (Wildman–Crippen MR) is 136 cm³/mol. The number of nitrogens with zero attached hydrogens (tertiary/aromatic N) is 4. The van der Waals surface area contributed by atoms with Crippen molar-refractivity contribution in [2.45, 2.75) is 46.8 Å². The number of halogens is 3. The summed E-state index contributed by atoms with van der Waals surface area (Å²) in [6.45, 7) is 7.65. The van der Waals surface area contributed by atoms with Crippen molar-refractivity contribution in [2.75, 3.05) is 0 Å². The summed E-state index contributed by atoms with van der Waals surface area (Å²) in [4.78, 5) is 26.4. The van der Waals surface area contributed by atoms with E-state index in [1.54, 1.807) is 58.2 Å². The molecule has 4 rings (SSSR count). The Morgan fingerprint density at radius 2 is 1.78 bits per heavy atom. The highest BCUT2D eigenvalue weighted by atomic mass is 35.5. The SMILES string of the molecule is Cc1cc(COc2nc(C)n(-c3cc(-c4ccnc(C(C)(C)O)n4)ccc3Cl)c(=O)c2C)c(F)cc1F. The van der Waals surface area contributed by atoms with Crippen LogP contribution in [-0.4, -0.2) is 24.6 Å². The van der Waals surface area contributed by atoms with Crippen molar-refractivity contribution in [3.63, 3.8) is 0 Å². The van der Waals surface area contributed by atoms with E-state index in [2.05, 4.69) is 15.0 Å². The molecule has 0 aliphatic heterocycles. The number of hydrogen-bond acceptors (Lipinski definition) is 6. The molecule has 0 saturated heterocycles. The van der Waals surface area contributed by atoms with Crippen LogP contribution in [0, 0.1) is 32.4 Å². The molecule has 1 N–H and O–H groups in total. The van der Waals surface area contributed by atoms with Gasteiger partial charge in [-0.05, 0) is 64.4 Å². The van der Waals surface area contributed by atoms with Gasteiger partial charge in [-0.3, -0.25) is 9.36 Å². The number of benzene rings is 2. The van der Waals surface area contributed by atoms with Gasteiger partial charge in [-0.25, -0.2) is 18.7 Å². The zero-order valence-corrected chi connectivity index (χ0v) is 21.7. The third-order valence-electron chi connectivity index (χ3n) is 5.81. The second kappa shape index (κ2) is 9.99. The summed E-state index contributed by atoms with van der Waals surface area (Å²) in [5.74, 6) is -0.807. The number of hydrogen-bond donors (Lipinski definition) is 1. The lowest BCUT2D eigenvalue weighted by atomic mass is 10.1. The molecule has 7 nitrogen and oxygen atoms in total. The fraction of sp³-hybridized carbons (Fsp3) is 0.259. The van der Waals surface area contributed by atoms with Crippen LogP contribution in [0.5, 0.6) is 5.88 Å². The molecular formula is C27H25ClF2N4O3. The highest BCUT2D eigenvalue weighted by Crippen LogP contribution is 2.29. The standard InChI is InChI=1S/C27H25ClF2N4O3/c1-14-10-18(21(30)12-20(14)29)13-37-24-15(2)25(35)34(16(3)32-24)23-11-17(6-7-19(23)28)22-8-9-31-26(33-22)27(4,5)36/h6-12,36H,13H2,1-5H3. The molecule has 2 aromatic carbocycles. The van der Waals surface area contributed by atoms with E-state index in [-0.39, 0.29) is 35.0 Å². The van der Waals surface area contributed by atoms with Crippen LogP contribution in [0.2, 0.25) is 5.02 Å². The van der Waals surface area contributed by atoms with E-state index in [4.69, 9.17) is 16.3 Å². The summed E-state index contributed by atoms with van der Waals surface area (Å²) in [6, 6.07) is 8.94. The maximum atomic E-state index is 14.1. The summed E-state index contributed by atoms with van der Waals surface area (Å²) in [7, 11) is 0. The van der Waals surface area contributed by atoms with Gasteiger partial charge in [0.1, 0.15) is 29.7 Å². The molecule has 2 heterocycles. The van der Waals surface area contributed by atoms with E-state index in [1.165, 1.54) is 17.6 Å². The topological polar surface area (TPSA) is 90.1 Å². The van der Waals surface area contributed by atoms with Gasteiger partial charge in [0.2, 0.25) is 5.88 Å². The van der Waals surface area contributed by atoms with E-state index in [0.717, 1.165) is 6.07 Å². The molecule has 0 amide bonds. The third-order valence-corrected chi connectivity index (χ3v) is 6.13. The molecule has 10 heteroatoms. The smallest absolute Gasteiger partial charge is 0.264 e. The zero-order chi connectivity index (χ0) is 27.1. The first kappa shape index (κ1) is 26.4. The number of rotatable bonds is 6. The van der Waals surface area contributed by atoms with E-state index < -0.39 is 22.8 Å². The Bertz CT molecular complexity index is 1570. The van der Waals surface area contributed by atoms with Gasteiger partial charge < -0.3 is 9.84 Å². The van der Waals surface area contributed by atoms with Crippen LogP contribution in [0.15, 0.2) is 47.4 Å². The Labute approximate surface area is 217 Å². The lowest BCUT2D eigenvalue weighted by Gasteiger charge is -2.17. The van der Waals surface area contributed by atoms with Gasteiger partial charge in [0.05, 0.1) is 22.0 Å². The van der Waals surface area contributed by atoms with Gasteiger partial charge in [-0.2, -0.15) is 4.98 Å². The lowest BCUT2D eigenvalue weighted by Crippen LogP contribution is -2.25. The van der Waals surface area contributed by atoms with E-state index in [0.29, 0.717) is 27.8 Å². The van der Waals surface area contributed by atoms with E-state index >= 15 is 0 Å². The van der Waals surface area contributed by atoms with Gasteiger partial charge in [0, 0.05) is 23.4 Å². The van der Waals surface area contributed by atoms with E-state index in [1.807, 2.05) is 0 Å². The van der Waals surface area contributed by atoms with Crippen LogP contribution in [-0.2, 0) is 12.2 Å². The highest BCUT2D eigenvalue weighted by Gasteiger charge is 2.21. The van der Waals surface area contributed by atoms with Crippen LogP contribution in [0.1, 0.15) is 42.2 Å². The Balaban J connectivity index is 1.72. The zero-order valence-electron chi connectivity index (χ0n) is 20.9. The molecular weight excluding hydrogens is 502 g/mol. The molecule has 0 atom stereocenters. The van der Waals surface area contributed by atoms with Crippen LogP contribution in [0.3, 0.4) is 0 Å². The van der Waals surface area contributed by atoms with Crippen molar-refractivity contribution in [1.82, 2.24) is 19.5 Å². The average molecular weight is 527 g/mol. The quantitative estimate of drug-likeness (QED) is 0.364. The monoisotopic (exact) mass is 526 g/mol. The fourth-order valence-electron chi connectivity index (χ4n) is 3.74. The Morgan fingerprint density at radius 1 is 1.05 bits per heavy atom. The number of ether oxygens (including phenoxy) is 1. The van der Waals surface area contributed by atoms with Crippen LogP contribution >= 0.6 is 11.6 Å². The van der Waals surface area contributed by atoms with E-state index in [9.17, 15) is 18.7 Å². The first-order valence-electron chi connectivity index (χ1n) is 11.4. The molecule has 2 aromatic heterocycles. The highest BCUT2D eigenvalue weighted by molar-refractivity contribution is 6.32. The molecule has 0 saturated carbocycles. The number of aliphatic hydroxyl groups is 1. The van der Waals surface area contributed by atoms with Crippen LogP contribution < -0.4 is 10.3 Å². The fourth-order valence-corrected chi connectivity index (χ4v) is 3.94. The molecule has 4 aromatic rings. The molecule has 0 radical (unpaired) electrons. The normalized spacial score (nSPS) is 11.6. The van der Waals surface area contributed by atoms with Crippen molar-refractivity contribution >= 4 is 11.6 Å². The van der Waals surface area contributed by atoms with Crippen LogP contribution in [0.25, 0.3) is 16.9 Å². The van der Waals surface area contributed by atoms with Crippen molar-refractivity contribution in [2.24, 2.45) is 0 Å². The summed E-state index contributed by atoms with van der Waals surface area (Å²) in [5, 5.41) is 10.6. The largest absolute Gasteiger partial charge is 0.472 e. The molecule has 0 aliphatic rings. The number of aryl methyl sites for hydroxylation is 2. The van der Waals surface area contributed by atoms with Crippen molar-refractivity contribution < 1.29 is 18.6 Å². The van der Waals surface area contributed by atoms with Gasteiger partial charge >= 0.3 is 0 Å². The molecule has 0 spiro atoms. The average Bonchev–Trinajstić information content (AvgIpc) is 2.84. The predicted octanol–water partition coefficient (Wildman–Crippen LogP) is 5.35. The minimum Gasteiger partial charge on any atom is -0.472 e. The summed E-state index contributed by atoms with van der Waals surface area (Å²) in [6.07, 6.45) is 1.55. The summed E-state index contributed by atoms with van der Waals surface area (Å²) in [5.41, 5.74) is 0.542. The molecule has 37 heavy (non-hydrogen) atoms. The first-order valence-corrected chi connectivity index (χ1v) is 11.8. The molecule has 0 fully saturated rings. The molecule has 0 bridgehead atoms. The molecule has 0 aliphatic carbocycles.